The van der Waals surface area contributed by atoms with E-state index in [-0.39, 0.29) is 22.8 Å². The average molecular weight is 406 g/mol. The van der Waals surface area contributed by atoms with E-state index in [4.69, 9.17) is 0 Å². The molecular formula is C18H23N5O2S2. The highest BCUT2D eigenvalue weighted by Gasteiger charge is 2.18. The van der Waals surface area contributed by atoms with E-state index in [0.717, 1.165) is 23.5 Å². The topological polar surface area (TPSA) is 104 Å². The van der Waals surface area contributed by atoms with Gasteiger partial charge in [0.1, 0.15) is 4.70 Å². The lowest BCUT2D eigenvalue weighted by Gasteiger charge is -2.19. The fourth-order valence-corrected chi connectivity index (χ4v) is 4.35. The molecule has 1 unspecified atom stereocenters. The fraction of sp³-hybridized carbons (Fsp3) is 0.444. The molecule has 3 heterocycles. The van der Waals surface area contributed by atoms with Crippen molar-refractivity contribution in [2.45, 2.75) is 43.6 Å². The maximum atomic E-state index is 11.8. The number of aliphatic hydroxyl groups is 1. The van der Waals surface area contributed by atoms with Crippen LogP contribution in [0.2, 0.25) is 0 Å². The van der Waals surface area contributed by atoms with Crippen LogP contribution in [0.5, 0.6) is 0 Å². The van der Waals surface area contributed by atoms with Crippen molar-refractivity contribution in [1.29, 1.82) is 0 Å². The summed E-state index contributed by atoms with van der Waals surface area (Å²) in [6.45, 7) is 6.24. The first-order chi connectivity index (χ1) is 13.0. The molecule has 0 aliphatic rings. The Hall–Kier alpha value is -1.97. The summed E-state index contributed by atoms with van der Waals surface area (Å²) in [4.78, 5) is 27.9. The van der Waals surface area contributed by atoms with Crippen molar-refractivity contribution in [1.82, 2.24) is 19.9 Å². The van der Waals surface area contributed by atoms with Crippen molar-refractivity contribution < 1.29 is 5.11 Å². The summed E-state index contributed by atoms with van der Waals surface area (Å²) in [6.07, 6.45) is 2.56. The number of nitrogens with one attached hydrogen (secondary N) is 2. The van der Waals surface area contributed by atoms with Gasteiger partial charge in [0.05, 0.1) is 23.6 Å². The van der Waals surface area contributed by atoms with Crippen molar-refractivity contribution in [3.8, 4) is 0 Å². The molecule has 0 radical (unpaired) electrons. The van der Waals surface area contributed by atoms with Gasteiger partial charge in [-0.1, -0.05) is 43.0 Å². The van der Waals surface area contributed by atoms with E-state index in [1.807, 2.05) is 25.1 Å². The van der Waals surface area contributed by atoms with Gasteiger partial charge in [-0.15, -0.1) is 0 Å². The van der Waals surface area contributed by atoms with Crippen LogP contribution in [-0.4, -0.2) is 37.7 Å². The van der Waals surface area contributed by atoms with Crippen LogP contribution in [0.3, 0.4) is 0 Å². The molecule has 0 fully saturated rings. The highest BCUT2D eigenvalue weighted by molar-refractivity contribution is 7.99. The Bertz CT molecular complexity index is 942. The highest BCUT2D eigenvalue weighted by Crippen LogP contribution is 2.34. The zero-order valence-corrected chi connectivity index (χ0v) is 17.1. The number of thioether (sulfide) groups is 1. The molecular weight excluding hydrogens is 382 g/mol. The third-order valence-electron chi connectivity index (χ3n) is 3.96. The van der Waals surface area contributed by atoms with E-state index in [9.17, 15) is 9.90 Å². The van der Waals surface area contributed by atoms with Crippen molar-refractivity contribution in [2.24, 2.45) is 5.92 Å². The van der Waals surface area contributed by atoms with E-state index in [1.165, 1.54) is 11.8 Å². The Labute approximate surface area is 165 Å². The van der Waals surface area contributed by atoms with Crippen LogP contribution in [0.25, 0.3) is 10.3 Å². The normalized spacial score (nSPS) is 13.8. The molecule has 3 rings (SSSR count). The molecule has 7 nitrogen and oxygen atoms in total. The van der Waals surface area contributed by atoms with Gasteiger partial charge in [-0.25, -0.2) is 9.97 Å². The molecule has 27 heavy (non-hydrogen) atoms. The quantitative estimate of drug-likeness (QED) is 0.389. The standard InChI is InChI=1S/C18H23N5O2S2/c1-10(2)8-12(9-24)20-15-14-16(23-18(25)27-14)22-17(21-15)26-11(3)13-6-4-5-7-19-13/h4-7,10-12,24H,8-9H2,1-3H3,(H2,20,21,22,23,25)/t11-,12?/m1/s1. The van der Waals surface area contributed by atoms with Gasteiger partial charge >= 0.3 is 4.87 Å². The number of fused-ring (bicyclic) bond motifs is 1. The molecule has 2 atom stereocenters. The van der Waals surface area contributed by atoms with E-state index in [2.05, 4.69) is 39.1 Å². The first-order valence-corrected chi connectivity index (χ1v) is 10.5. The van der Waals surface area contributed by atoms with Gasteiger partial charge in [0, 0.05) is 6.20 Å². The second kappa shape index (κ2) is 8.81. The lowest BCUT2D eigenvalue weighted by molar-refractivity contribution is 0.259. The molecule has 3 aromatic rings. The Balaban J connectivity index is 1.91. The summed E-state index contributed by atoms with van der Waals surface area (Å²) in [5.41, 5.74) is 1.45. The summed E-state index contributed by atoms with van der Waals surface area (Å²) in [5.74, 6) is 1.01. The number of thiazole rings is 1. The SMILES string of the molecule is CC(C)CC(CO)Nc1nc(S[C@H](C)c2ccccn2)nc2[nH]c(=O)sc12. The van der Waals surface area contributed by atoms with Gasteiger partial charge in [-0.05, 0) is 31.4 Å². The van der Waals surface area contributed by atoms with Gasteiger partial charge in [0.2, 0.25) is 0 Å². The van der Waals surface area contributed by atoms with Crippen molar-refractivity contribution in [2.75, 3.05) is 11.9 Å². The van der Waals surface area contributed by atoms with E-state index >= 15 is 0 Å². The van der Waals surface area contributed by atoms with Crippen LogP contribution in [0.15, 0.2) is 34.3 Å². The zero-order chi connectivity index (χ0) is 19.4. The second-order valence-corrected chi connectivity index (χ2v) is 9.01. The van der Waals surface area contributed by atoms with Crippen LogP contribution in [0, 0.1) is 5.92 Å². The largest absolute Gasteiger partial charge is 0.394 e. The van der Waals surface area contributed by atoms with E-state index < -0.39 is 0 Å². The Morgan fingerprint density at radius 2 is 2.11 bits per heavy atom. The van der Waals surface area contributed by atoms with Gasteiger partial charge in [0.25, 0.3) is 0 Å². The molecule has 0 aliphatic heterocycles. The monoisotopic (exact) mass is 405 g/mol. The first kappa shape index (κ1) is 19.8. The molecule has 3 aromatic heterocycles. The van der Waals surface area contributed by atoms with Crippen molar-refractivity contribution in [3.05, 3.63) is 39.8 Å². The Morgan fingerprint density at radius 3 is 2.78 bits per heavy atom. The Morgan fingerprint density at radius 1 is 1.30 bits per heavy atom. The number of rotatable bonds is 8. The summed E-state index contributed by atoms with van der Waals surface area (Å²) in [5, 5.41) is 13.6. The minimum atomic E-state index is -0.174. The molecule has 144 valence electrons. The van der Waals surface area contributed by atoms with E-state index in [1.54, 1.807) is 6.20 Å². The summed E-state index contributed by atoms with van der Waals surface area (Å²) in [6, 6.07) is 5.66. The highest BCUT2D eigenvalue weighted by atomic mass is 32.2. The lowest BCUT2D eigenvalue weighted by atomic mass is 10.0. The molecule has 0 saturated heterocycles. The predicted molar refractivity (Wildman–Crippen MR) is 110 cm³/mol. The number of aromatic nitrogens is 4. The summed E-state index contributed by atoms with van der Waals surface area (Å²) >= 11 is 2.55. The minimum absolute atomic E-state index is 0.00415. The minimum Gasteiger partial charge on any atom is -0.394 e. The zero-order valence-electron chi connectivity index (χ0n) is 15.5. The molecule has 0 bridgehead atoms. The number of anilines is 1. The number of aliphatic hydroxyl groups excluding tert-OH is 1. The molecule has 0 aromatic carbocycles. The number of aromatic amines is 1. The van der Waals surface area contributed by atoms with Crippen LogP contribution in [-0.2, 0) is 0 Å². The second-order valence-electron chi connectivity index (χ2n) is 6.72. The summed E-state index contributed by atoms with van der Waals surface area (Å²) < 4.78 is 0.678. The number of hydrogen-bond acceptors (Lipinski definition) is 8. The van der Waals surface area contributed by atoms with Crippen LogP contribution in [0.4, 0.5) is 5.82 Å². The van der Waals surface area contributed by atoms with Crippen LogP contribution >= 0.6 is 23.1 Å². The summed E-state index contributed by atoms with van der Waals surface area (Å²) in [7, 11) is 0. The van der Waals surface area contributed by atoms with Gasteiger partial charge in [0.15, 0.2) is 16.6 Å². The fourth-order valence-electron chi connectivity index (χ4n) is 2.75. The van der Waals surface area contributed by atoms with Gasteiger partial charge in [-0.2, -0.15) is 0 Å². The Kier molecular flexibility index (Phi) is 6.46. The molecule has 0 spiro atoms. The van der Waals surface area contributed by atoms with Gasteiger partial charge < -0.3 is 10.4 Å². The predicted octanol–water partition coefficient (Wildman–Crippen LogP) is 3.45. The molecule has 0 saturated carbocycles. The molecule has 0 amide bonds. The van der Waals surface area contributed by atoms with Gasteiger partial charge in [-0.3, -0.25) is 14.8 Å². The number of pyridine rings is 1. The third-order valence-corrected chi connectivity index (χ3v) is 5.83. The van der Waals surface area contributed by atoms with Crippen LogP contribution in [0.1, 0.15) is 38.1 Å². The lowest BCUT2D eigenvalue weighted by Crippen LogP contribution is -2.26. The molecule has 9 heteroatoms. The van der Waals surface area contributed by atoms with Crippen molar-refractivity contribution >= 4 is 39.3 Å². The molecule has 0 aliphatic carbocycles. The van der Waals surface area contributed by atoms with Crippen molar-refractivity contribution in [3.63, 3.8) is 0 Å². The number of H-pyrrole nitrogens is 1. The smallest absolute Gasteiger partial charge is 0.306 e. The van der Waals surface area contributed by atoms with Crippen LogP contribution < -0.4 is 10.2 Å². The number of hydrogen-bond donors (Lipinski definition) is 3. The molecule has 3 N–H and O–H groups in total. The maximum absolute atomic E-state index is 11.8. The van der Waals surface area contributed by atoms with E-state index in [0.29, 0.717) is 27.2 Å². The maximum Gasteiger partial charge on any atom is 0.306 e. The third kappa shape index (κ3) is 5.06. The number of nitrogens with zero attached hydrogens (tertiary/aromatic N) is 3. The first-order valence-electron chi connectivity index (χ1n) is 8.82. The average Bonchev–Trinajstić information content (AvgIpc) is 3.02.